The van der Waals surface area contributed by atoms with Crippen LogP contribution in [0.2, 0.25) is 0 Å². The van der Waals surface area contributed by atoms with Crippen molar-refractivity contribution < 1.29 is 14.3 Å². The molecule has 106 valence electrons. The molecular formula is C16H19NO3. The fraction of sp³-hybridized carbons (Fsp3) is 0.438. The topological polar surface area (TPSA) is 47.6 Å². The Hall–Kier alpha value is -1.99. The zero-order valence-electron chi connectivity index (χ0n) is 11.4. The molecule has 0 unspecified atom stereocenters. The molecule has 1 aliphatic rings. The van der Waals surface area contributed by atoms with E-state index in [4.69, 9.17) is 15.9 Å². The molecule has 0 heterocycles. The molecule has 1 fully saturated rings. The summed E-state index contributed by atoms with van der Waals surface area (Å²) in [6.45, 7) is 0.348. The molecule has 2 rings (SSSR count). The molecule has 1 saturated carbocycles. The van der Waals surface area contributed by atoms with Crippen molar-refractivity contribution in [3.8, 4) is 18.1 Å². The Morgan fingerprint density at radius 3 is 2.65 bits per heavy atom. The molecule has 1 N–H and O–H groups in total. The molecule has 1 aromatic carbocycles. The van der Waals surface area contributed by atoms with Crippen LogP contribution in [0.4, 0.5) is 5.69 Å². The SMILES string of the molecule is C#CCOc1ccc(NC(=O)COC2CCCC2)cc1. The number of benzene rings is 1. The van der Waals surface area contributed by atoms with Crippen molar-refractivity contribution in [1.29, 1.82) is 0 Å². The molecule has 4 nitrogen and oxygen atoms in total. The zero-order chi connectivity index (χ0) is 14.2. The monoisotopic (exact) mass is 273 g/mol. The van der Waals surface area contributed by atoms with Crippen LogP contribution in [-0.2, 0) is 9.53 Å². The molecule has 0 spiro atoms. The molecule has 0 radical (unpaired) electrons. The van der Waals surface area contributed by atoms with Gasteiger partial charge in [-0.1, -0.05) is 18.8 Å². The van der Waals surface area contributed by atoms with Gasteiger partial charge in [-0.15, -0.1) is 6.42 Å². The van der Waals surface area contributed by atoms with E-state index in [0.29, 0.717) is 5.75 Å². The lowest BCUT2D eigenvalue weighted by Crippen LogP contribution is -2.21. The van der Waals surface area contributed by atoms with Gasteiger partial charge in [-0.05, 0) is 37.1 Å². The first-order valence-corrected chi connectivity index (χ1v) is 6.85. The van der Waals surface area contributed by atoms with E-state index >= 15 is 0 Å². The second-order valence-corrected chi connectivity index (χ2v) is 4.78. The molecule has 0 aromatic heterocycles. The van der Waals surface area contributed by atoms with Crippen LogP contribution in [0, 0.1) is 12.3 Å². The van der Waals surface area contributed by atoms with Gasteiger partial charge in [0, 0.05) is 5.69 Å². The standard InChI is InChI=1S/C16H19NO3/c1-2-11-19-15-9-7-13(8-10-15)17-16(18)12-20-14-5-3-4-6-14/h1,7-10,14H,3-6,11-12H2,(H,17,18). The third-order valence-corrected chi connectivity index (χ3v) is 3.21. The van der Waals surface area contributed by atoms with Crippen LogP contribution < -0.4 is 10.1 Å². The van der Waals surface area contributed by atoms with E-state index in [1.54, 1.807) is 24.3 Å². The summed E-state index contributed by atoms with van der Waals surface area (Å²) < 4.78 is 10.8. The maximum Gasteiger partial charge on any atom is 0.250 e. The normalized spacial score (nSPS) is 14.8. The Kier molecular flexibility index (Phi) is 5.45. The second kappa shape index (κ2) is 7.56. The first kappa shape index (κ1) is 14.4. The van der Waals surface area contributed by atoms with E-state index in [9.17, 15) is 4.79 Å². The van der Waals surface area contributed by atoms with E-state index in [1.807, 2.05) is 0 Å². The number of anilines is 1. The molecule has 20 heavy (non-hydrogen) atoms. The van der Waals surface area contributed by atoms with Gasteiger partial charge in [0.2, 0.25) is 5.91 Å². The van der Waals surface area contributed by atoms with Crippen molar-refractivity contribution >= 4 is 11.6 Å². The van der Waals surface area contributed by atoms with E-state index in [2.05, 4.69) is 11.2 Å². The number of hydrogen-bond donors (Lipinski definition) is 1. The van der Waals surface area contributed by atoms with Gasteiger partial charge in [0.25, 0.3) is 0 Å². The quantitative estimate of drug-likeness (QED) is 0.810. The van der Waals surface area contributed by atoms with Crippen LogP contribution >= 0.6 is 0 Å². The van der Waals surface area contributed by atoms with Gasteiger partial charge in [-0.25, -0.2) is 0 Å². The van der Waals surface area contributed by atoms with Crippen LogP contribution in [0.5, 0.6) is 5.75 Å². The average Bonchev–Trinajstić information content (AvgIpc) is 2.98. The predicted molar refractivity (Wildman–Crippen MR) is 77.6 cm³/mol. The Morgan fingerprint density at radius 2 is 2.00 bits per heavy atom. The smallest absolute Gasteiger partial charge is 0.250 e. The van der Waals surface area contributed by atoms with Crippen LogP contribution in [0.1, 0.15) is 25.7 Å². The first-order chi connectivity index (χ1) is 9.78. The number of carbonyl (C=O) groups excluding carboxylic acids is 1. The van der Waals surface area contributed by atoms with Crippen LogP contribution in [0.15, 0.2) is 24.3 Å². The molecule has 4 heteroatoms. The largest absolute Gasteiger partial charge is 0.481 e. The highest BCUT2D eigenvalue weighted by Crippen LogP contribution is 2.21. The highest BCUT2D eigenvalue weighted by Gasteiger charge is 2.16. The Morgan fingerprint density at radius 1 is 1.30 bits per heavy atom. The van der Waals surface area contributed by atoms with Gasteiger partial charge in [0.1, 0.15) is 19.0 Å². The van der Waals surface area contributed by atoms with E-state index in [1.165, 1.54) is 12.8 Å². The van der Waals surface area contributed by atoms with E-state index in [-0.39, 0.29) is 25.2 Å². The van der Waals surface area contributed by atoms with Gasteiger partial charge in [0.15, 0.2) is 0 Å². The van der Waals surface area contributed by atoms with Crippen LogP contribution in [0.25, 0.3) is 0 Å². The minimum absolute atomic E-state index is 0.111. The number of hydrogen-bond acceptors (Lipinski definition) is 3. The number of amides is 1. The minimum atomic E-state index is -0.130. The summed E-state index contributed by atoms with van der Waals surface area (Å²) in [5.41, 5.74) is 0.720. The van der Waals surface area contributed by atoms with Gasteiger partial charge in [0.05, 0.1) is 6.10 Å². The Labute approximate surface area is 119 Å². The van der Waals surface area contributed by atoms with Crippen molar-refractivity contribution in [3.63, 3.8) is 0 Å². The summed E-state index contributed by atoms with van der Waals surface area (Å²) in [6, 6.07) is 7.09. The first-order valence-electron chi connectivity index (χ1n) is 6.85. The number of rotatable bonds is 6. The Bertz CT molecular complexity index is 469. The summed E-state index contributed by atoms with van der Waals surface area (Å²) in [7, 11) is 0. The summed E-state index contributed by atoms with van der Waals surface area (Å²) >= 11 is 0. The van der Waals surface area contributed by atoms with Crippen LogP contribution in [0.3, 0.4) is 0 Å². The van der Waals surface area contributed by atoms with E-state index < -0.39 is 0 Å². The van der Waals surface area contributed by atoms with Gasteiger partial charge < -0.3 is 14.8 Å². The summed E-state index contributed by atoms with van der Waals surface area (Å²) in [5.74, 6) is 2.95. The lowest BCUT2D eigenvalue weighted by atomic mass is 10.3. The number of terminal acetylenes is 1. The lowest BCUT2D eigenvalue weighted by Gasteiger charge is -2.11. The molecule has 0 bridgehead atoms. The lowest BCUT2D eigenvalue weighted by molar-refractivity contribution is -0.122. The van der Waals surface area contributed by atoms with Crippen molar-refractivity contribution in [2.24, 2.45) is 0 Å². The fourth-order valence-electron chi connectivity index (χ4n) is 2.21. The summed E-state index contributed by atoms with van der Waals surface area (Å²) in [4.78, 5) is 11.7. The zero-order valence-corrected chi connectivity index (χ0v) is 11.4. The maximum atomic E-state index is 11.7. The van der Waals surface area contributed by atoms with Crippen molar-refractivity contribution in [3.05, 3.63) is 24.3 Å². The van der Waals surface area contributed by atoms with Crippen molar-refractivity contribution in [2.75, 3.05) is 18.5 Å². The highest BCUT2D eigenvalue weighted by molar-refractivity contribution is 5.91. The molecule has 0 saturated heterocycles. The minimum Gasteiger partial charge on any atom is -0.481 e. The molecular weight excluding hydrogens is 254 g/mol. The third kappa shape index (κ3) is 4.60. The predicted octanol–water partition coefficient (Wildman–Crippen LogP) is 2.60. The van der Waals surface area contributed by atoms with Gasteiger partial charge in [-0.2, -0.15) is 0 Å². The average molecular weight is 273 g/mol. The highest BCUT2D eigenvalue weighted by atomic mass is 16.5. The molecule has 1 amide bonds. The molecule has 1 aliphatic carbocycles. The number of carbonyl (C=O) groups is 1. The van der Waals surface area contributed by atoms with Crippen molar-refractivity contribution in [1.82, 2.24) is 0 Å². The summed E-state index contributed by atoms with van der Waals surface area (Å²) in [6.07, 6.45) is 9.89. The second-order valence-electron chi connectivity index (χ2n) is 4.78. The molecule has 0 atom stereocenters. The number of nitrogens with one attached hydrogen (secondary N) is 1. The van der Waals surface area contributed by atoms with Gasteiger partial charge >= 0.3 is 0 Å². The van der Waals surface area contributed by atoms with Crippen molar-refractivity contribution in [2.45, 2.75) is 31.8 Å². The van der Waals surface area contributed by atoms with E-state index in [0.717, 1.165) is 18.5 Å². The van der Waals surface area contributed by atoms with Gasteiger partial charge in [-0.3, -0.25) is 4.79 Å². The molecule has 1 aromatic rings. The Balaban J connectivity index is 1.74. The fourth-order valence-corrected chi connectivity index (χ4v) is 2.21. The maximum absolute atomic E-state index is 11.7. The number of ether oxygens (including phenoxy) is 2. The molecule has 0 aliphatic heterocycles. The third-order valence-electron chi connectivity index (χ3n) is 3.21. The summed E-state index contributed by atoms with van der Waals surface area (Å²) in [5, 5.41) is 2.79. The van der Waals surface area contributed by atoms with Crippen LogP contribution in [-0.4, -0.2) is 25.2 Å².